The molecule has 7 nitrogen and oxygen atoms in total. The Morgan fingerprint density at radius 1 is 1.40 bits per heavy atom. The van der Waals surface area contributed by atoms with Crippen LogP contribution >= 0.6 is 0 Å². The highest BCUT2D eigenvalue weighted by molar-refractivity contribution is 5.98. The van der Waals surface area contributed by atoms with E-state index in [0.717, 1.165) is 12.8 Å². The molecule has 1 heterocycles. The van der Waals surface area contributed by atoms with Gasteiger partial charge in [-0.05, 0) is 18.6 Å². The molecule has 0 aliphatic rings. The van der Waals surface area contributed by atoms with Crippen molar-refractivity contribution < 1.29 is 19.4 Å². The average molecular weight is 281 g/mol. The summed E-state index contributed by atoms with van der Waals surface area (Å²) in [6.07, 6.45) is 3.41. The predicted octanol–water partition coefficient (Wildman–Crippen LogP) is 1.72. The fourth-order valence-electron chi connectivity index (χ4n) is 1.43. The highest BCUT2D eigenvalue weighted by Crippen LogP contribution is 2.11. The Balaban J connectivity index is 2.34. The molecule has 7 heteroatoms. The lowest BCUT2D eigenvalue weighted by molar-refractivity contribution is 0.0691. The molecule has 0 fully saturated rings. The molecular weight excluding hydrogens is 262 g/mol. The summed E-state index contributed by atoms with van der Waals surface area (Å²) < 4.78 is 5.29. The normalized spacial score (nSPS) is 10.1. The minimum Gasteiger partial charge on any atom is -0.476 e. The van der Waals surface area contributed by atoms with E-state index in [4.69, 9.17) is 9.84 Å². The Morgan fingerprint density at radius 3 is 2.90 bits per heavy atom. The highest BCUT2D eigenvalue weighted by atomic mass is 16.5. The molecule has 20 heavy (non-hydrogen) atoms. The molecule has 3 N–H and O–H groups in total. The number of nitrogens with zero attached hydrogens (tertiary/aromatic N) is 1. The van der Waals surface area contributed by atoms with Crippen LogP contribution in [0.2, 0.25) is 0 Å². The molecule has 0 bridgehead atoms. The maximum absolute atomic E-state index is 11.6. The first-order valence-electron chi connectivity index (χ1n) is 6.46. The van der Waals surface area contributed by atoms with Crippen molar-refractivity contribution in [1.82, 2.24) is 10.3 Å². The standard InChI is InChI=1S/C13H19N3O4/c1-2-3-8-20-9-7-15-13(19)16-10-5-4-6-14-11(10)12(17)18/h4-6H,2-3,7-9H2,1H3,(H,17,18)(H2,15,16,19). The first-order chi connectivity index (χ1) is 9.65. The Morgan fingerprint density at radius 2 is 2.20 bits per heavy atom. The van der Waals surface area contributed by atoms with E-state index < -0.39 is 12.0 Å². The van der Waals surface area contributed by atoms with Gasteiger partial charge in [-0.25, -0.2) is 14.6 Å². The molecule has 1 aromatic heterocycles. The van der Waals surface area contributed by atoms with Crippen molar-refractivity contribution in [2.45, 2.75) is 19.8 Å². The number of pyridine rings is 1. The molecule has 0 atom stereocenters. The Hall–Kier alpha value is -2.15. The third kappa shape index (κ3) is 5.66. The number of carbonyl (C=O) groups excluding carboxylic acids is 1. The summed E-state index contributed by atoms with van der Waals surface area (Å²) in [6, 6.07) is 2.54. The highest BCUT2D eigenvalue weighted by Gasteiger charge is 2.12. The SMILES string of the molecule is CCCCOCCNC(=O)Nc1cccnc1C(=O)O. The molecule has 0 aliphatic heterocycles. The van der Waals surface area contributed by atoms with Crippen molar-refractivity contribution in [2.24, 2.45) is 0 Å². The predicted molar refractivity (Wildman–Crippen MR) is 73.9 cm³/mol. The number of hydrogen-bond donors (Lipinski definition) is 3. The number of aromatic carboxylic acids is 1. The van der Waals surface area contributed by atoms with Crippen LogP contribution in [0.4, 0.5) is 10.5 Å². The van der Waals surface area contributed by atoms with Gasteiger partial charge in [-0.1, -0.05) is 13.3 Å². The van der Waals surface area contributed by atoms with Gasteiger partial charge in [-0.3, -0.25) is 0 Å². The van der Waals surface area contributed by atoms with Crippen molar-refractivity contribution in [3.63, 3.8) is 0 Å². The maximum Gasteiger partial charge on any atom is 0.356 e. The van der Waals surface area contributed by atoms with Gasteiger partial charge in [0.1, 0.15) is 0 Å². The largest absolute Gasteiger partial charge is 0.476 e. The Kier molecular flexibility index (Phi) is 7.05. The second-order valence-electron chi connectivity index (χ2n) is 4.05. The number of rotatable bonds is 8. The van der Waals surface area contributed by atoms with E-state index in [-0.39, 0.29) is 11.4 Å². The number of carboxylic acids is 1. The minimum absolute atomic E-state index is 0.157. The summed E-state index contributed by atoms with van der Waals surface area (Å²) >= 11 is 0. The molecule has 0 saturated heterocycles. The zero-order valence-corrected chi connectivity index (χ0v) is 11.4. The maximum atomic E-state index is 11.6. The number of hydrogen-bond acceptors (Lipinski definition) is 4. The van der Waals surface area contributed by atoms with Gasteiger partial charge in [0.05, 0.1) is 12.3 Å². The smallest absolute Gasteiger partial charge is 0.356 e. The van der Waals surface area contributed by atoms with Crippen molar-refractivity contribution >= 4 is 17.7 Å². The van der Waals surface area contributed by atoms with Crippen LogP contribution in [0.15, 0.2) is 18.3 Å². The van der Waals surface area contributed by atoms with Crippen LogP contribution < -0.4 is 10.6 Å². The number of amides is 2. The summed E-state index contributed by atoms with van der Waals surface area (Å²) in [6.45, 7) is 3.53. The van der Waals surface area contributed by atoms with E-state index in [1.165, 1.54) is 12.3 Å². The van der Waals surface area contributed by atoms with Crippen molar-refractivity contribution in [3.8, 4) is 0 Å². The molecule has 0 unspecified atom stereocenters. The number of urea groups is 1. The van der Waals surface area contributed by atoms with Crippen LogP contribution in [0.1, 0.15) is 30.3 Å². The number of aromatic nitrogens is 1. The molecular formula is C13H19N3O4. The van der Waals surface area contributed by atoms with Gasteiger partial charge in [0.2, 0.25) is 0 Å². The van der Waals surface area contributed by atoms with E-state index >= 15 is 0 Å². The van der Waals surface area contributed by atoms with Gasteiger partial charge in [0, 0.05) is 19.3 Å². The molecule has 1 rings (SSSR count). The van der Waals surface area contributed by atoms with E-state index in [0.29, 0.717) is 19.8 Å². The van der Waals surface area contributed by atoms with Crippen LogP contribution in [0.5, 0.6) is 0 Å². The molecule has 1 aromatic rings. The van der Waals surface area contributed by atoms with E-state index in [1.807, 2.05) is 0 Å². The van der Waals surface area contributed by atoms with Crippen LogP contribution in [0.3, 0.4) is 0 Å². The molecule has 0 aliphatic carbocycles. The van der Waals surface area contributed by atoms with Gasteiger partial charge in [0.15, 0.2) is 5.69 Å². The number of ether oxygens (including phenoxy) is 1. The summed E-state index contributed by atoms with van der Waals surface area (Å²) in [4.78, 5) is 26.2. The minimum atomic E-state index is -1.19. The summed E-state index contributed by atoms with van der Waals surface area (Å²) in [7, 11) is 0. The quantitative estimate of drug-likeness (QED) is 0.630. The van der Waals surface area contributed by atoms with Crippen LogP contribution in [0, 0.1) is 0 Å². The van der Waals surface area contributed by atoms with Crippen molar-refractivity contribution in [2.75, 3.05) is 25.1 Å². The molecule has 0 aromatic carbocycles. The first kappa shape index (κ1) is 15.9. The number of anilines is 1. The van der Waals surface area contributed by atoms with Crippen LogP contribution in [-0.4, -0.2) is 41.8 Å². The van der Waals surface area contributed by atoms with Crippen molar-refractivity contribution in [3.05, 3.63) is 24.0 Å². The van der Waals surface area contributed by atoms with E-state index in [2.05, 4.69) is 22.5 Å². The summed E-state index contributed by atoms with van der Waals surface area (Å²) in [5, 5.41) is 13.9. The summed E-state index contributed by atoms with van der Waals surface area (Å²) in [5.41, 5.74) is -0.0359. The third-order valence-corrected chi connectivity index (χ3v) is 2.43. The fraction of sp³-hybridized carbons (Fsp3) is 0.462. The Labute approximate surface area is 117 Å². The number of nitrogens with one attached hydrogen (secondary N) is 2. The first-order valence-corrected chi connectivity index (χ1v) is 6.46. The average Bonchev–Trinajstić information content (AvgIpc) is 2.43. The van der Waals surface area contributed by atoms with Gasteiger partial charge in [0.25, 0.3) is 0 Å². The number of unbranched alkanes of at least 4 members (excludes halogenated alkanes) is 1. The lowest BCUT2D eigenvalue weighted by atomic mass is 10.3. The molecule has 0 radical (unpaired) electrons. The third-order valence-electron chi connectivity index (χ3n) is 2.43. The van der Waals surface area contributed by atoms with E-state index in [1.54, 1.807) is 6.07 Å². The van der Waals surface area contributed by atoms with Gasteiger partial charge < -0.3 is 20.5 Å². The monoisotopic (exact) mass is 281 g/mol. The number of carbonyl (C=O) groups is 2. The lowest BCUT2D eigenvalue weighted by Crippen LogP contribution is -2.32. The van der Waals surface area contributed by atoms with E-state index in [9.17, 15) is 9.59 Å². The second-order valence-corrected chi connectivity index (χ2v) is 4.05. The van der Waals surface area contributed by atoms with Crippen LogP contribution in [-0.2, 0) is 4.74 Å². The van der Waals surface area contributed by atoms with Gasteiger partial charge in [-0.2, -0.15) is 0 Å². The zero-order valence-electron chi connectivity index (χ0n) is 11.4. The molecule has 2 amide bonds. The van der Waals surface area contributed by atoms with Crippen molar-refractivity contribution in [1.29, 1.82) is 0 Å². The number of carboxylic acid groups (broad SMARTS) is 1. The topological polar surface area (TPSA) is 101 Å². The lowest BCUT2D eigenvalue weighted by Gasteiger charge is -2.09. The Bertz CT molecular complexity index is 451. The second kappa shape index (κ2) is 8.87. The van der Waals surface area contributed by atoms with Crippen LogP contribution in [0.25, 0.3) is 0 Å². The van der Waals surface area contributed by atoms with Gasteiger partial charge >= 0.3 is 12.0 Å². The molecule has 0 saturated carbocycles. The fourth-order valence-corrected chi connectivity index (χ4v) is 1.43. The van der Waals surface area contributed by atoms with Gasteiger partial charge in [-0.15, -0.1) is 0 Å². The zero-order chi connectivity index (χ0) is 14.8. The summed E-state index contributed by atoms with van der Waals surface area (Å²) in [5.74, 6) is -1.19. The molecule has 110 valence electrons. The molecule has 0 spiro atoms.